The number of nitrogens with zero attached hydrogens (tertiary/aromatic N) is 1. The predicted octanol–water partition coefficient (Wildman–Crippen LogP) is 1.45. The second kappa shape index (κ2) is 7.26. The molecule has 0 aromatic heterocycles. The van der Waals surface area contributed by atoms with Gasteiger partial charge in [0.1, 0.15) is 5.75 Å². The summed E-state index contributed by atoms with van der Waals surface area (Å²) in [6.07, 6.45) is 2.12. The Hall–Kier alpha value is -1.59. The molecule has 0 spiro atoms. The van der Waals surface area contributed by atoms with Crippen LogP contribution in [0.2, 0.25) is 0 Å². The average molecular weight is 277 g/mol. The number of benzene rings is 1. The van der Waals surface area contributed by atoms with E-state index in [1.54, 1.807) is 0 Å². The summed E-state index contributed by atoms with van der Waals surface area (Å²) in [7, 11) is 0. The summed E-state index contributed by atoms with van der Waals surface area (Å²) in [5.41, 5.74) is 6.70. The fourth-order valence-electron chi connectivity index (χ4n) is 2.44. The molecule has 0 radical (unpaired) electrons. The summed E-state index contributed by atoms with van der Waals surface area (Å²) < 4.78 is 5.36. The minimum Gasteiger partial charge on any atom is -0.494 e. The number of anilines is 1. The van der Waals surface area contributed by atoms with Crippen LogP contribution in [0, 0.1) is 0 Å². The number of nitrogens with two attached hydrogens (primary N) is 1. The molecule has 1 aliphatic rings. The summed E-state index contributed by atoms with van der Waals surface area (Å²) in [4.78, 5) is 14.1. The molecule has 0 unspecified atom stereocenters. The van der Waals surface area contributed by atoms with Gasteiger partial charge in [0, 0.05) is 18.3 Å². The smallest absolute Gasteiger partial charge is 0.238 e. The van der Waals surface area contributed by atoms with Crippen LogP contribution in [0.15, 0.2) is 24.3 Å². The van der Waals surface area contributed by atoms with Gasteiger partial charge in [-0.05, 0) is 50.6 Å². The third-order valence-corrected chi connectivity index (χ3v) is 3.36. The zero-order valence-corrected chi connectivity index (χ0v) is 12.0. The Morgan fingerprint density at radius 3 is 2.85 bits per heavy atom. The minimum absolute atomic E-state index is 0.00302. The fraction of sp³-hybridized carbons (Fsp3) is 0.533. The molecule has 1 amide bonds. The van der Waals surface area contributed by atoms with Crippen LogP contribution in [-0.4, -0.2) is 43.1 Å². The number of nitrogens with one attached hydrogen (secondary N) is 1. The van der Waals surface area contributed by atoms with E-state index in [9.17, 15) is 4.79 Å². The summed E-state index contributed by atoms with van der Waals surface area (Å²) in [5, 5.41) is 2.90. The van der Waals surface area contributed by atoms with Gasteiger partial charge in [0.2, 0.25) is 5.91 Å². The van der Waals surface area contributed by atoms with E-state index in [1.165, 1.54) is 0 Å². The molecular weight excluding hydrogens is 254 g/mol. The maximum Gasteiger partial charge on any atom is 0.238 e. The molecule has 1 saturated heterocycles. The van der Waals surface area contributed by atoms with Crippen LogP contribution in [-0.2, 0) is 4.79 Å². The molecule has 2 rings (SSSR count). The molecule has 0 saturated carbocycles. The number of ether oxygens (including phenoxy) is 1. The standard InChI is InChI=1S/C15H23N3O2/c1-2-20-14-7-5-13(6-8-14)17-15(19)11-18-9-3-4-12(16)10-18/h5-8,12H,2-4,9-11,16H2,1H3,(H,17,19)/t12-/m1/s1. The number of hydrogen-bond acceptors (Lipinski definition) is 4. The molecule has 0 bridgehead atoms. The molecule has 110 valence electrons. The molecule has 1 aliphatic heterocycles. The maximum absolute atomic E-state index is 12.0. The quantitative estimate of drug-likeness (QED) is 0.855. The third kappa shape index (κ3) is 4.51. The fourth-order valence-corrected chi connectivity index (χ4v) is 2.44. The molecule has 1 aromatic carbocycles. The predicted molar refractivity (Wildman–Crippen MR) is 79.9 cm³/mol. The molecule has 0 aliphatic carbocycles. The minimum atomic E-state index is 0.00302. The Morgan fingerprint density at radius 2 is 2.20 bits per heavy atom. The van der Waals surface area contributed by atoms with E-state index in [4.69, 9.17) is 10.5 Å². The Morgan fingerprint density at radius 1 is 1.45 bits per heavy atom. The Bertz CT molecular complexity index is 433. The van der Waals surface area contributed by atoms with Crippen molar-refractivity contribution in [2.45, 2.75) is 25.8 Å². The highest BCUT2D eigenvalue weighted by Crippen LogP contribution is 2.15. The largest absolute Gasteiger partial charge is 0.494 e. The van der Waals surface area contributed by atoms with E-state index in [0.29, 0.717) is 13.2 Å². The molecule has 3 N–H and O–H groups in total. The van der Waals surface area contributed by atoms with E-state index < -0.39 is 0 Å². The van der Waals surface area contributed by atoms with Crippen LogP contribution < -0.4 is 15.8 Å². The van der Waals surface area contributed by atoms with E-state index in [1.807, 2.05) is 31.2 Å². The first kappa shape index (κ1) is 14.8. The highest BCUT2D eigenvalue weighted by molar-refractivity contribution is 5.92. The highest BCUT2D eigenvalue weighted by atomic mass is 16.5. The molecule has 5 nitrogen and oxygen atoms in total. The number of piperidine rings is 1. The lowest BCUT2D eigenvalue weighted by Gasteiger charge is -2.29. The van der Waals surface area contributed by atoms with Gasteiger partial charge >= 0.3 is 0 Å². The van der Waals surface area contributed by atoms with Crippen molar-refractivity contribution >= 4 is 11.6 Å². The zero-order chi connectivity index (χ0) is 14.4. The van der Waals surface area contributed by atoms with Crippen LogP contribution in [0.1, 0.15) is 19.8 Å². The summed E-state index contributed by atoms with van der Waals surface area (Å²) in [6, 6.07) is 7.61. The van der Waals surface area contributed by atoms with E-state index in [-0.39, 0.29) is 11.9 Å². The summed E-state index contributed by atoms with van der Waals surface area (Å²) >= 11 is 0. The average Bonchev–Trinajstić information content (AvgIpc) is 2.41. The number of hydrogen-bond donors (Lipinski definition) is 2. The maximum atomic E-state index is 12.0. The van der Waals surface area contributed by atoms with Crippen LogP contribution in [0.5, 0.6) is 5.75 Å². The molecule has 20 heavy (non-hydrogen) atoms. The van der Waals surface area contributed by atoms with Crippen molar-refractivity contribution in [2.75, 3.05) is 31.6 Å². The van der Waals surface area contributed by atoms with Crippen LogP contribution in [0.3, 0.4) is 0 Å². The van der Waals surface area contributed by atoms with Gasteiger partial charge in [0.15, 0.2) is 0 Å². The van der Waals surface area contributed by atoms with E-state index in [2.05, 4.69) is 10.2 Å². The molecule has 1 fully saturated rings. The Labute approximate surface area is 120 Å². The highest BCUT2D eigenvalue weighted by Gasteiger charge is 2.18. The summed E-state index contributed by atoms with van der Waals surface area (Å²) in [6.45, 7) is 4.74. The number of carbonyl (C=O) groups is 1. The first-order valence-corrected chi connectivity index (χ1v) is 7.18. The van der Waals surface area contributed by atoms with Crippen molar-refractivity contribution < 1.29 is 9.53 Å². The molecule has 5 heteroatoms. The second-order valence-electron chi connectivity index (χ2n) is 5.14. The van der Waals surface area contributed by atoms with E-state index >= 15 is 0 Å². The van der Waals surface area contributed by atoms with Crippen molar-refractivity contribution in [3.63, 3.8) is 0 Å². The Kier molecular flexibility index (Phi) is 5.38. The molecule has 1 atom stereocenters. The first-order valence-electron chi connectivity index (χ1n) is 7.18. The van der Waals surface area contributed by atoms with Gasteiger partial charge in [0.05, 0.1) is 13.2 Å². The Balaban J connectivity index is 1.81. The number of carbonyl (C=O) groups excluding carboxylic acids is 1. The van der Waals surface area contributed by atoms with Gasteiger partial charge in [-0.3, -0.25) is 9.69 Å². The van der Waals surface area contributed by atoms with Crippen molar-refractivity contribution in [2.24, 2.45) is 5.73 Å². The van der Waals surface area contributed by atoms with Gasteiger partial charge in [-0.1, -0.05) is 0 Å². The van der Waals surface area contributed by atoms with E-state index in [0.717, 1.165) is 37.4 Å². The lowest BCUT2D eigenvalue weighted by Crippen LogP contribution is -2.45. The normalized spacial score (nSPS) is 19.6. The van der Waals surface area contributed by atoms with Crippen molar-refractivity contribution in [3.8, 4) is 5.75 Å². The number of amides is 1. The SMILES string of the molecule is CCOc1ccc(NC(=O)CN2CCC[C@@H](N)C2)cc1. The van der Waals surface area contributed by atoms with Crippen molar-refractivity contribution in [3.05, 3.63) is 24.3 Å². The monoisotopic (exact) mass is 277 g/mol. The van der Waals surface area contributed by atoms with Gasteiger partial charge in [-0.25, -0.2) is 0 Å². The van der Waals surface area contributed by atoms with Crippen LogP contribution in [0.25, 0.3) is 0 Å². The van der Waals surface area contributed by atoms with Gasteiger partial charge in [-0.15, -0.1) is 0 Å². The first-order chi connectivity index (χ1) is 9.67. The number of likely N-dealkylation sites (tertiary alicyclic amines) is 1. The van der Waals surface area contributed by atoms with Crippen molar-refractivity contribution in [1.82, 2.24) is 4.90 Å². The van der Waals surface area contributed by atoms with Gasteiger partial charge in [-0.2, -0.15) is 0 Å². The van der Waals surface area contributed by atoms with Gasteiger partial charge in [0.25, 0.3) is 0 Å². The number of rotatable bonds is 5. The van der Waals surface area contributed by atoms with Crippen LogP contribution in [0.4, 0.5) is 5.69 Å². The second-order valence-corrected chi connectivity index (χ2v) is 5.14. The van der Waals surface area contributed by atoms with Crippen molar-refractivity contribution in [1.29, 1.82) is 0 Å². The lowest BCUT2D eigenvalue weighted by molar-refractivity contribution is -0.117. The molecule has 1 aromatic rings. The zero-order valence-electron chi connectivity index (χ0n) is 12.0. The summed E-state index contributed by atoms with van der Waals surface area (Å²) in [5.74, 6) is 0.816. The van der Waals surface area contributed by atoms with Crippen LogP contribution >= 0.6 is 0 Å². The topological polar surface area (TPSA) is 67.6 Å². The van der Waals surface area contributed by atoms with Gasteiger partial charge < -0.3 is 15.8 Å². The molecular formula is C15H23N3O2. The molecule has 1 heterocycles. The third-order valence-electron chi connectivity index (χ3n) is 3.36. The lowest BCUT2D eigenvalue weighted by atomic mass is 10.1.